The zero-order valence-corrected chi connectivity index (χ0v) is 17.7. The molecule has 0 saturated heterocycles. The number of hydrogen-bond donors (Lipinski definition) is 0. The molecule has 0 aliphatic heterocycles. The third-order valence-electron chi connectivity index (χ3n) is 5.29. The molecule has 4 aromatic rings. The molecule has 0 saturated carbocycles. The number of carbonyl (C=O) groups excluding carboxylic acids is 1. The molecule has 0 spiro atoms. The van der Waals surface area contributed by atoms with Crippen LogP contribution in [-0.2, 0) is 0 Å². The van der Waals surface area contributed by atoms with Crippen LogP contribution < -0.4 is 4.90 Å². The molecule has 3 aromatic carbocycles. The molecule has 5 heteroatoms. The number of amides is 1. The molecular weight excluding hydrogens is 378 g/mol. The monoisotopic (exact) mass is 403 g/mol. The average Bonchev–Trinajstić information content (AvgIpc) is 3.20. The maximum Gasteiger partial charge on any atom is 0.260 e. The molecule has 0 atom stereocenters. The topological polar surface area (TPSA) is 36.4 Å². The van der Waals surface area contributed by atoms with E-state index in [0.29, 0.717) is 12.1 Å². The Morgan fingerprint density at radius 1 is 0.897 bits per heavy atom. The molecule has 0 bridgehead atoms. The average molecular weight is 404 g/mol. The van der Waals surface area contributed by atoms with Crippen molar-refractivity contribution in [1.82, 2.24) is 9.88 Å². The van der Waals surface area contributed by atoms with Crippen LogP contribution in [0.3, 0.4) is 0 Å². The van der Waals surface area contributed by atoms with E-state index in [9.17, 15) is 4.79 Å². The second kappa shape index (κ2) is 8.72. The van der Waals surface area contributed by atoms with Gasteiger partial charge in [-0.3, -0.25) is 9.69 Å². The van der Waals surface area contributed by atoms with Crippen molar-refractivity contribution in [2.75, 3.05) is 31.1 Å². The summed E-state index contributed by atoms with van der Waals surface area (Å²) in [5, 5.41) is 2.97. The normalized spacial score (nSPS) is 11.4. The first-order valence-electron chi connectivity index (χ1n) is 10.1. The number of rotatable bonds is 7. The van der Waals surface area contributed by atoms with Gasteiger partial charge >= 0.3 is 0 Å². The summed E-state index contributed by atoms with van der Waals surface area (Å²) in [4.78, 5) is 22.5. The number of para-hydroxylation sites is 1. The Bertz CT molecular complexity index is 1100. The molecule has 4 nitrogen and oxygen atoms in total. The van der Waals surface area contributed by atoms with Gasteiger partial charge in [-0.2, -0.15) is 0 Å². The summed E-state index contributed by atoms with van der Waals surface area (Å²) >= 11 is 1.57. The highest BCUT2D eigenvalue weighted by atomic mass is 32.1. The maximum atomic E-state index is 13.5. The summed E-state index contributed by atoms with van der Waals surface area (Å²) in [6.45, 7) is 7.67. The SMILES string of the molecule is CCN(CC)CCN(C(=O)c1ccc2ccccc2c1)c1nc2ccccc2s1. The molecule has 1 amide bonds. The molecule has 0 N–H and O–H groups in total. The summed E-state index contributed by atoms with van der Waals surface area (Å²) in [7, 11) is 0. The van der Waals surface area contributed by atoms with Gasteiger partial charge in [-0.25, -0.2) is 4.98 Å². The van der Waals surface area contributed by atoms with Crippen LogP contribution in [0.2, 0.25) is 0 Å². The Hall–Kier alpha value is -2.76. The zero-order chi connectivity index (χ0) is 20.2. The number of benzene rings is 3. The second-order valence-electron chi connectivity index (χ2n) is 7.01. The number of fused-ring (bicyclic) bond motifs is 2. The minimum Gasteiger partial charge on any atom is -0.302 e. The van der Waals surface area contributed by atoms with Gasteiger partial charge in [0.2, 0.25) is 0 Å². The van der Waals surface area contributed by atoms with Gasteiger partial charge < -0.3 is 4.90 Å². The first-order chi connectivity index (χ1) is 14.2. The summed E-state index contributed by atoms with van der Waals surface area (Å²) < 4.78 is 1.10. The van der Waals surface area contributed by atoms with Crippen LogP contribution in [0.1, 0.15) is 24.2 Å². The predicted octanol–water partition coefficient (Wildman–Crippen LogP) is 5.44. The Balaban J connectivity index is 1.70. The van der Waals surface area contributed by atoms with Gasteiger partial charge in [-0.1, -0.05) is 67.6 Å². The third-order valence-corrected chi connectivity index (χ3v) is 6.35. The van der Waals surface area contributed by atoms with E-state index in [0.717, 1.165) is 45.8 Å². The van der Waals surface area contributed by atoms with Crippen LogP contribution in [-0.4, -0.2) is 42.0 Å². The number of nitrogens with zero attached hydrogens (tertiary/aromatic N) is 3. The number of likely N-dealkylation sites (N-methyl/N-ethyl adjacent to an activating group) is 1. The molecule has 0 aliphatic carbocycles. The number of hydrogen-bond acceptors (Lipinski definition) is 4. The van der Waals surface area contributed by atoms with Gasteiger partial charge in [-0.05, 0) is 48.1 Å². The first kappa shape index (κ1) is 19.6. The quantitative estimate of drug-likeness (QED) is 0.412. The fourth-order valence-electron chi connectivity index (χ4n) is 3.52. The van der Waals surface area contributed by atoms with Crippen LogP contribution in [0.15, 0.2) is 66.7 Å². The minimum atomic E-state index is 0.00182. The molecular formula is C24H25N3OS. The lowest BCUT2D eigenvalue weighted by Crippen LogP contribution is -2.38. The highest BCUT2D eigenvalue weighted by Crippen LogP contribution is 2.30. The third kappa shape index (κ3) is 4.16. The molecule has 0 fully saturated rings. The van der Waals surface area contributed by atoms with Crippen molar-refractivity contribution in [3.05, 3.63) is 72.3 Å². The standard InChI is InChI=1S/C24H25N3OS/c1-3-26(4-2)15-16-27(24-25-21-11-7-8-12-22(21)29-24)23(28)20-14-13-18-9-5-6-10-19(18)17-20/h5-14,17H,3-4,15-16H2,1-2H3. The molecule has 0 unspecified atom stereocenters. The van der Waals surface area contributed by atoms with E-state index >= 15 is 0 Å². The van der Waals surface area contributed by atoms with Crippen LogP contribution in [0, 0.1) is 0 Å². The molecule has 4 rings (SSSR count). The van der Waals surface area contributed by atoms with E-state index in [2.05, 4.69) is 30.9 Å². The summed E-state index contributed by atoms with van der Waals surface area (Å²) in [6, 6.07) is 22.1. The van der Waals surface area contributed by atoms with Gasteiger partial charge in [-0.15, -0.1) is 0 Å². The van der Waals surface area contributed by atoms with Gasteiger partial charge in [0.1, 0.15) is 0 Å². The van der Waals surface area contributed by atoms with Crippen LogP contribution in [0.5, 0.6) is 0 Å². The largest absolute Gasteiger partial charge is 0.302 e. The van der Waals surface area contributed by atoms with Crippen molar-refractivity contribution in [3.63, 3.8) is 0 Å². The molecule has 148 valence electrons. The lowest BCUT2D eigenvalue weighted by atomic mass is 10.1. The van der Waals surface area contributed by atoms with E-state index in [1.54, 1.807) is 11.3 Å². The number of thiazole rings is 1. The number of aromatic nitrogens is 1. The van der Waals surface area contributed by atoms with Gasteiger partial charge in [0.15, 0.2) is 5.13 Å². The smallest absolute Gasteiger partial charge is 0.260 e. The Morgan fingerprint density at radius 3 is 2.38 bits per heavy atom. The number of carbonyl (C=O) groups is 1. The van der Waals surface area contributed by atoms with Crippen LogP contribution in [0.4, 0.5) is 5.13 Å². The van der Waals surface area contributed by atoms with Gasteiger partial charge in [0, 0.05) is 18.7 Å². The van der Waals surface area contributed by atoms with Crippen molar-refractivity contribution >= 4 is 43.4 Å². The van der Waals surface area contributed by atoms with E-state index in [4.69, 9.17) is 4.98 Å². The lowest BCUT2D eigenvalue weighted by molar-refractivity contribution is 0.0984. The Labute approximate surface area is 175 Å². The van der Waals surface area contributed by atoms with Gasteiger partial charge in [0.25, 0.3) is 5.91 Å². The van der Waals surface area contributed by atoms with Crippen molar-refractivity contribution in [3.8, 4) is 0 Å². The van der Waals surface area contributed by atoms with Crippen LogP contribution in [0.25, 0.3) is 21.0 Å². The van der Waals surface area contributed by atoms with Gasteiger partial charge in [0.05, 0.1) is 10.2 Å². The molecule has 1 heterocycles. The zero-order valence-electron chi connectivity index (χ0n) is 16.8. The second-order valence-corrected chi connectivity index (χ2v) is 8.02. The molecule has 0 radical (unpaired) electrons. The minimum absolute atomic E-state index is 0.00182. The fraction of sp³-hybridized carbons (Fsp3) is 0.250. The molecule has 0 aliphatic rings. The number of anilines is 1. The fourth-order valence-corrected chi connectivity index (χ4v) is 4.51. The van der Waals surface area contributed by atoms with Crippen molar-refractivity contribution < 1.29 is 4.79 Å². The molecule has 29 heavy (non-hydrogen) atoms. The van der Waals surface area contributed by atoms with Crippen molar-refractivity contribution in [2.45, 2.75) is 13.8 Å². The highest BCUT2D eigenvalue weighted by molar-refractivity contribution is 7.22. The summed E-state index contributed by atoms with van der Waals surface area (Å²) in [5.74, 6) is 0.00182. The van der Waals surface area contributed by atoms with E-state index in [1.807, 2.05) is 59.5 Å². The predicted molar refractivity (Wildman–Crippen MR) is 123 cm³/mol. The Kier molecular flexibility index (Phi) is 5.88. The highest BCUT2D eigenvalue weighted by Gasteiger charge is 2.22. The van der Waals surface area contributed by atoms with E-state index < -0.39 is 0 Å². The summed E-state index contributed by atoms with van der Waals surface area (Å²) in [6.07, 6.45) is 0. The van der Waals surface area contributed by atoms with Crippen LogP contribution >= 0.6 is 11.3 Å². The summed E-state index contributed by atoms with van der Waals surface area (Å²) in [5.41, 5.74) is 1.63. The lowest BCUT2D eigenvalue weighted by Gasteiger charge is -2.24. The first-order valence-corrected chi connectivity index (χ1v) is 10.9. The van der Waals surface area contributed by atoms with E-state index in [-0.39, 0.29) is 5.91 Å². The van der Waals surface area contributed by atoms with Crippen molar-refractivity contribution in [2.24, 2.45) is 0 Å². The van der Waals surface area contributed by atoms with E-state index in [1.165, 1.54) is 0 Å². The molecule has 1 aromatic heterocycles. The van der Waals surface area contributed by atoms with Crippen molar-refractivity contribution in [1.29, 1.82) is 0 Å². The Morgan fingerprint density at radius 2 is 1.62 bits per heavy atom. The maximum absolute atomic E-state index is 13.5.